The summed E-state index contributed by atoms with van der Waals surface area (Å²) < 4.78 is 5.57. The van der Waals surface area contributed by atoms with Gasteiger partial charge < -0.3 is 19.8 Å². The van der Waals surface area contributed by atoms with Gasteiger partial charge >= 0.3 is 6.09 Å². The largest absolute Gasteiger partial charge is 0.444 e. The van der Waals surface area contributed by atoms with Gasteiger partial charge in [-0.3, -0.25) is 9.69 Å². The third kappa shape index (κ3) is 7.24. The molecule has 0 heterocycles. The maximum Gasteiger partial charge on any atom is 0.410 e. The van der Waals surface area contributed by atoms with E-state index in [0.717, 1.165) is 0 Å². The van der Waals surface area contributed by atoms with E-state index in [1.54, 1.807) is 59.9 Å². The van der Waals surface area contributed by atoms with Crippen LogP contribution in [0.15, 0.2) is 18.2 Å². The van der Waals surface area contributed by atoms with Crippen molar-refractivity contribution in [3.8, 4) is 0 Å². The quantitative estimate of drug-likeness (QED) is 0.593. The number of halogens is 2. The maximum atomic E-state index is 13.1. The number of carbonyl (C=O) groups is 2. The van der Waals surface area contributed by atoms with Crippen molar-refractivity contribution >= 4 is 35.2 Å². The molecule has 1 rings (SSSR count). The van der Waals surface area contributed by atoms with Crippen molar-refractivity contribution in [3.05, 3.63) is 33.8 Å². The minimum Gasteiger partial charge on any atom is -0.444 e. The molecule has 0 aliphatic rings. The van der Waals surface area contributed by atoms with Gasteiger partial charge in [0.25, 0.3) is 0 Å². The van der Waals surface area contributed by atoms with Gasteiger partial charge in [0.1, 0.15) is 5.60 Å². The summed E-state index contributed by atoms with van der Waals surface area (Å²) in [4.78, 5) is 28.6. The second kappa shape index (κ2) is 10.9. The number of aliphatic hydroxyl groups is 2. The Kier molecular flexibility index (Phi) is 9.63. The van der Waals surface area contributed by atoms with Gasteiger partial charge in [-0.15, -0.1) is 0 Å². The van der Waals surface area contributed by atoms with E-state index in [4.69, 9.17) is 27.9 Å². The molecule has 1 aromatic rings. The maximum absolute atomic E-state index is 13.1. The first-order valence-corrected chi connectivity index (χ1v) is 10.9. The van der Waals surface area contributed by atoms with Crippen LogP contribution in [0.1, 0.15) is 46.6 Å². The lowest BCUT2D eigenvalue weighted by Crippen LogP contribution is -2.57. The third-order valence-corrected chi connectivity index (χ3v) is 5.66. The summed E-state index contributed by atoms with van der Waals surface area (Å²) in [7, 11) is 3.16. The van der Waals surface area contributed by atoms with Crippen molar-refractivity contribution in [2.45, 2.75) is 58.3 Å². The molecule has 0 saturated carbocycles. The molecule has 0 aromatic heterocycles. The minimum absolute atomic E-state index is 0.0365. The fourth-order valence-corrected chi connectivity index (χ4v) is 3.66. The Bertz CT molecular complexity index is 782. The summed E-state index contributed by atoms with van der Waals surface area (Å²) in [5.74, 6) is -0.411. The Hall–Kier alpha value is -1.54. The van der Waals surface area contributed by atoms with Crippen LogP contribution < -0.4 is 0 Å². The molecule has 0 bridgehead atoms. The van der Waals surface area contributed by atoms with Crippen molar-refractivity contribution in [1.82, 2.24) is 9.80 Å². The predicted octanol–water partition coefficient (Wildman–Crippen LogP) is 3.91. The van der Waals surface area contributed by atoms with Crippen LogP contribution in [0.5, 0.6) is 0 Å². The fraction of sp³-hybridized carbons (Fsp3) is 0.636. The van der Waals surface area contributed by atoms with Gasteiger partial charge in [-0.05, 0) is 38.5 Å². The molecule has 0 aliphatic heterocycles. The second-order valence-electron chi connectivity index (χ2n) is 9.09. The summed E-state index contributed by atoms with van der Waals surface area (Å²) in [5, 5.41) is 20.6. The lowest BCUT2D eigenvalue weighted by atomic mass is 9.82. The number of nitrogens with zero attached hydrogens (tertiary/aromatic N) is 2. The monoisotopic (exact) mass is 476 g/mol. The molecule has 2 amide bonds. The standard InChI is InChI=1S/C22H34Cl2N2O5/c1-14(2)19(29)25(6)13-22(11-16(28)12-27,15-8-9-17(23)18(24)10-15)26(7)20(30)31-21(3,4)5/h8-10,14,16,27-28H,11-13H2,1-7H3/t16?,22-/m1/s1. The predicted molar refractivity (Wildman–Crippen MR) is 122 cm³/mol. The van der Waals surface area contributed by atoms with E-state index in [2.05, 4.69) is 0 Å². The summed E-state index contributed by atoms with van der Waals surface area (Å²) in [6, 6.07) is 4.88. The first-order chi connectivity index (χ1) is 14.1. The zero-order chi connectivity index (χ0) is 24.1. The van der Waals surface area contributed by atoms with E-state index in [-0.39, 0.29) is 29.8 Å². The number of aliphatic hydroxyl groups excluding tert-OH is 2. The highest BCUT2D eigenvalue weighted by Crippen LogP contribution is 2.38. The Balaban J connectivity index is 3.67. The first-order valence-electron chi connectivity index (χ1n) is 10.1. The normalized spacial score (nSPS) is 14.7. The molecular weight excluding hydrogens is 443 g/mol. The molecule has 2 atom stereocenters. The Labute approximate surface area is 194 Å². The van der Waals surface area contributed by atoms with E-state index in [9.17, 15) is 19.8 Å². The van der Waals surface area contributed by atoms with Gasteiger partial charge in [0.05, 0.1) is 28.3 Å². The summed E-state index contributed by atoms with van der Waals surface area (Å²) >= 11 is 12.4. The molecule has 0 fully saturated rings. The van der Waals surface area contributed by atoms with Crippen LogP contribution in [-0.2, 0) is 15.1 Å². The van der Waals surface area contributed by atoms with Crippen molar-refractivity contribution < 1.29 is 24.5 Å². The smallest absolute Gasteiger partial charge is 0.410 e. The van der Waals surface area contributed by atoms with Gasteiger partial charge in [-0.1, -0.05) is 43.1 Å². The second-order valence-corrected chi connectivity index (χ2v) is 9.90. The summed E-state index contributed by atoms with van der Waals surface area (Å²) in [6.07, 6.45) is -1.87. The lowest BCUT2D eigenvalue weighted by molar-refractivity contribution is -0.135. The molecule has 0 spiro atoms. The SMILES string of the molecule is CC(C)C(=O)N(C)C[C@](CC(O)CO)(c1ccc(Cl)c(Cl)c1)N(C)C(=O)OC(C)(C)C. The molecular formula is C22H34Cl2N2O5. The van der Waals surface area contributed by atoms with Crippen LogP contribution in [0, 0.1) is 5.92 Å². The Morgan fingerprint density at radius 1 is 1.13 bits per heavy atom. The molecule has 0 radical (unpaired) electrons. The van der Waals surface area contributed by atoms with Crippen LogP contribution >= 0.6 is 23.2 Å². The molecule has 176 valence electrons. The molecule has 1 aromatic carbocycles. The average Bonchev–Trinajstić information content (AvgIpc) is 2.66. The van der Waals surface area contributed by atoms with E-state index < -0.39 is 29.9 Å². The molecule has 0 aliphatic carbocycles. The van der Waals surface area contributed by atoms with Crippen LogP contribution in [-0.4, -0.2) is 71.0 Å². The van der Waals surface area contributed by atoms with Crippen LogP contribution in [0.3, 0.4) is 0 Å². The molecule has 9 heteroatoms. The number of hydrogen-bond acceptors (Lipinski definition) is 5. The molecule has 31 heavy (non-hydrogen) atoms. The van der Waals surface area contributed by atoms with E-state index in [1.807, 2.05) is 0 Å². The van der Waals surface area contributed by atoms with E-state index in [1.165, 1.54) is 16.8 Å². The van der Waals surface area contributed by atoms with Crippen molar-refractivity contribution in [2.24, 2.45) is 5.92 Å². The highest BCUT2D eigenvalue weighted by atomic mass is 35.5. The van der Waals surface area contributed by atoms with E-state index in [0.29, 0.717) is 10.6 Å². The van der Waals surface area contributed by atoms with Crippen molar-refractivity contribution in [1.29, 1.82) is 0 Å². The molecule has 0 saturated heterocycles. The van der Waals surface area contributed by atoms with Crippen LogP contribution in [0.2, 0.25) is 10.0 Å². The average molecular weight is 477 g/mol. The van der Waals surface area contributed by atoms with Crippen molar-refractivity contribution in [3.63, 3.8) is 0 Å². The number of benzene rings is 1. The highest BCUT2D eigenvalue weighted by Gasteiger charge is 2.44. The third-order valence-electron chi connectivity index (χ3n) is 4.92. The zero-order valence-corrected chi connectivity index (χ0v) is 20.8. The first kappa shape index (κ1) is 27.5. The molecule has 2 N–H and O–H groups in total. The fourth-order valence-electron chi connectivity index (χ4n) is 3.37. The van der Waals surface area contributed by atoms with Gasteiger partial charge in [-0.25, -0.2) is 4.79 Å². The van der Waals surface area contributed by atoms with Gasteiger partial charge in [0, 0.05) is 33.0 Å². The minimum atomic E-state index is -1.25. The number of ether oxygens (including phenoxy) is 1. The highest BCUT2D eigenvalue weighted by molar-refractivity contribution is 6.42. The number of carbonyl (C=O) groups excluding carboxylic acids is 2. The summed E-state index contributed by atoms with van der Waals surface area (Å²) in [6.45, 7) is 8.31. The van der Waals surface area contributed by atoms with Crippen LogP contribution in [0.4, 0.5) is 4.79 Å². The van der Waals surface area contributed by atoms with Crippen LogP contribution in [0.25, 0.3) is 0 Å². The lowest BCUT2D eigenvalue weighted by Gasteiger charge is -2.45. The molecule has 1 unspecified atom stereocenters. The van der Waals surface area contributed by atoms with Gasteiger partial charge in [0.2, 0.25) is 5.91 Å². The Morgan fingerprint density at radius 3 is 2.16 bits per heavy atom. The summed E-state index contributed by atoms with van der Waals surface area (Å²) in [5.41, 5.74) is -1.46. The molecule has 7 nitrogen and oxygen atoms in total. The number of hydrogen-bond donors (Lipinski definition) is 2. The van der Waals surface area contributed by atoms with E-state index >= 15 is 0 Å². The topological polar surface area (TPSA) is 90.3 Å². The number of amides is 2. The number of likely N-dealkylation sites (N-methyl/N-ethyl adjacent to an activating group) is 2. The van der Waals surface area contributed by atoms with Gasteiger partial charge in [-0.2, -0.15) is 0 Å². The Morgan fingerprint density at radius 2 is 1.71 bits per heavy atom. The van der Waals surface area contributed by atoms with Gasteiger partial charge in [0.15, 0.2) is 0 Å². The zero-order valence-electron chi connectivity index (χ0n) is 19.3. The number of rotatable bonds is 8. The van der Waals surface area contributed by atoms with Crippen molar-refractivity contribution in [2.75, 3.05) is 27.2 Å².